The number of allylic oxidation sites excluding steroid dienone is 2. The van der Waals surface area contributed by atoms with E-state index in [0.717, 1.165) is 6.42 Å². The van der Waals surface area contributed by atoms with E-state index in [1.54, 1.807) is 0 Å². The molecule has 0 bridgehead atoms. The highest BCUT2D eigenvalue weighted by Gasteiger charge is 2.26. The minimum Gasteiger partial charge on any atom is -0.469 e. The van der Waals surface area contributed by atoms with Crippen molar-refractivity contribution in [1.29, 1.82) is 0 Å². The lowest BCUT2D eigenvalue weighted by molar-refractivity contribution is -0.146. The zero-order valence-electron chi connectivity index (χ0n) is 6.33. The minimum atomic E-state index is -0.0856. The maximum absolute atomic E-state index is 11.0. The molecule has 1 aliphatic rings. The van der Waals surface area contributed by atoms with Gasteiger partial charge < -0.3 is 4.74 Å². The molecule has 0 saturated carbocycles. The number of methoxy groups -OCH3 is 1. The molecule has 0 N–H and O–H groups in total. The molecule has 0 heterocycles. The van der Waals surface area contributed by atoms with Crippen LogP contribution in [0.5, 0.6) is 0 Å². The van der Waals surface area contributed by atoms with Crippen molar-refractivity contribution in [1.82, 2.24) is 0 Å². The van der Waals surface area contributed by atoms with E-state index >= 15 is 0 Å². The van der Waals surface area contributed by atoms with Crippen LogP contribution < -0.4 is 0 Å². The predicted octanol–water partition coefficient (Wildman–Crippen LogP) is 1.37. The molecule has 0 amide bonds. The number of esters is 1. The molecule has 10 heavy (non-hydrogen) atoms. The first-order chi connectivity index (χ1) is 4.75. The van der Waals surface area contributed by atoms with Gasteiger partial charge in [0.2, 0.25) is 0 Å². The van der Waals surface area contributed by atoms with Crippen molar-refractivity contribution >= 4 is 5.97 Å². The van der Waals surface area contributed by atoms with Crippen molar-refractivity contribution in [3.63, 3.8) is 0 Å². The molecule has 0 aromatic rings. The van der Waals surface area contributed by atoms with Gasteiger partial charge in [-0.05, 0) is 12.3 Å². The number of hydrogen-bond acceptors (Lipinski definition) is 2. The number of carbonyl (C=O) groups excluding carboxylic acids is 1. The smallest absolute Gasteiger partial charge is 0.309 e. The van der Waals surface area contributed by atoms with Gasteiger partial charge in [-0.25, -0.2) is 0 Å². The van der Waals surface area contributed by atoms with Crippen molar-refractivity contribution in [3.8, 4) is 0 Å². The molecule has 2 nitrogen and oxygen atoms in total. The van der Waals surface area contributed by atoms with E-state index in [-0.39, 0.29) is 11.9 Å². The van der Waals surface area contributed by atoms with E-state index in [4.69, 9.17) is 0 Å². The van der Waals surface area contributed by atoms with Crippen molar-refractivity contribution in [2.24, 2.45) is 11.8 Å². The fourth-order valence-electron chi connectivity index (χ4n) is 1.25. The van der Waals surface area contributed by atoms with E-state index in [2.05, 4.69) is 10.8 Å². The van der Waals surface area contributed by atoms with Crippen molar-refractivity contribution in [3.05, 3.63) is 12.2 Å². The summed E-state index contributed by atoms with van der Waals surface area (Å²) in [5.41, 5.74) is 0. The van der Waals surface area contributed by atoms with Gasteiger partial charge in [0.15, 0.2) is 0 Å². The summed E-state index contributed by atoms with van der Waals surface area (Å²) in [7, 11) is 1.44. The fourth-order valence-corrected chi connectivity index (χ4v) is 1.25. The average Bonchev–Trinajstić information content (AvgIpc) is 2.34. The van der Waals surface area contributed by atoms with Gasteiger partial charge in [0.25, 0.3) is 0 Å². The van der Waals surface area contributed by atoms with Crippen LogP contribution in [0.1, 0.15) is 13.3 Å². The molecule has 2 heteroatoms. The molecule has 0 aromatic heterocycles. The Hall–Kier alpha value is -0.790. The van der Waals surface area contributed by atoms with Crippen molar-refractivity contribution < 1.29 is 9.53 Å². The average molecular weight is 140 g/mol. The highest BCUT2D eigenvalue weighted by molar-refractivity contribution is 5.73. The van der Waals surface area contributed by atoms with Crippen LogP contribution in [0.4, 0.5) is 0 Å². The highest BCUT2D eigenvalue weighted by Crippen LogP contribution is 2.25. The molecule has 0 unspecified atom stereocenters. The summed E-state index contributed by atoms with van der Waals surface area (Å²) in [6.45, 7) is 2.03. The summed E-state index contributed by atoms with van der Waals surface area (Å²) < 4.78 is 4.63. The van der Waals surface area contributed by atoms with E-state index in [0.29, 0.717) is 5.92 Å². The largest absolute Gasteiger partial charge is 0.469 e. The van der Waals surface area contributed by atoms with Crippen LogP contribution in [0.25, 0.3) is 0 Å². The molecule has 0 saturated heterocycles. The molecule has 0 aliphatic heterocycles. The molecule has 0 aromatic carbocycles. The summed E-state index contributed by atoms with van der Waals surface area (Å²) in [5.74, 6) is 0.343. The Morgan fingerprint density at radius 3 is 2.80 bits per heavy atom. The fraction of sp³-hybridized carbons (Fsp3) is 0.625. The summed E-state index contributed by atoms with van der Waals surface area (Å²) in [5, 5.41) is 0. The van der Waals surface area contributed by atoms with Crippen LogP contribution in [0.15, 0.2) is 12.2 Å². The Bertz CT molecular complexity index is 161. The summed E-state index contributed by atoms with van der Waals surface area (Å²) in [4.78, 5) is 11.0. The van der Waals surface area contributed by atoms with Gasteiger partial charge in [-0.1, -0.05) is 19.1 Å². The monoisotopic (exact) mass is 140 g/mol. The standard InChI is InChI=1S/C8H12O2/c1-6-4-3-5-7(6)8(9)10-2/h3-4,6-7H,5H2,1-2H3/t6-,7+/m0/s1. The number of ether oxygens (including phenoxy) is 1. The van der Waals surface area contributed by atoms with Crippen molar-refractivity contribution in [2.75, 3.05) is 7.11 Å². The minimum absolute atomic E-state index is 0.0741. The van der Waals surface area contributed by atoms with Gasteiger partial charge in [0, 0.05) is 0 Å². The van der Waals surface area contributed by atoms with Crippen LogP contribution in [0, 0.1) is 11.8 Å². The number of rotatable bonds is 1. The maximum Gasteiger partial charge on any atom is 0.309 e. The van der Waals surface area contributed by atoms with E-state index in [9.17, 15) is 4.79 Å². The van der Waals surface area contributed by atoms with Gasteiger partial charge in [-0.3, -0.25) is 4.79 Å². The second-order valence-electron chi connectivity index (χ2n) is 2.65. The third kappa shape index (κ3) is 1.20. The lowest BCUT2D eigenvalue weighted by Crippen LogP contribution is -2.18. The Balaban J connectivity index is 2.51. The molecule has 2 atom stereocenters. The Labute approximate surface area is 60.9 Å². The normalized spacial score (nSPS) is 30.6. The lowest BCUT2D eigenvalue weighted by Gasteiger charge is -2.11. The lowest BCUT2D eigenvalue weighted by atomic mass is 9.98. The summed E-state index contributed by atoms with van der Waals surface area (Å²) in [6.07, 6.45) is 4.93. The van der Waals surface area contributed by atoms with Crippen LogP contribution in [0.2, 0.25) is 0 Å². The zero-order valence-corrected chi connectivity index (χ0v) is 6.33. The van der Waals surface area contributed by atoms with E-state index < -0.39 is 0 Å². The maximum atomic E-state index is 11.0. The van der Waals surface area contributed by atoms with Gasteiger partial charge in [0.05, 0.1) is 13.0 Å². The molecule has 0 fully saturated rings. The topological polar surface area (TPSA) is 26.3 Å². The quantitative estimate of drug-likeness (QED) is 0.406. The first kappa shape index (κ1) is 7.32. The summed E-state index contributed by atoms with van der Waals surface area (Å²) >= 11 is 0. The van der Waals surface area contributed by atoms with Crippen LogP contribution in [-0.2, 0) is 9.53 Å². The SMILES string of the molecule is COC(=O)[C@@H]1CC=C[C@@H]1C. The third-order valence-electron chi connectivity index (χ3n) is 1.97. The van der Waals surface area contributed by atoms with Gasteiger partial charge in [-0.15, -0.1) is 0 Å². The van der Waals surface area contributed by atoms with E-state index in [1.165, 1.54) is 7.11 Å². The van der Waals surface area contributed by atoms with Gasteiger partial charge >= 0.3 is 5.97 Å². The molecule has 1 aliphatic carbocycles. The zero-order chi connectivity index (χ0) is 7.56. The Kier molecular flexibility index (Phi) is 2.10. The first-order valence-electron chi connectivity index (χ1n) is 3.50. The van der Waals surface area contributed by atoms with Crippen LogP contribution in [-0.4, -0.2) is 13.1 Å². The van der Waals surface area contributed by atoms with E-state index in [1.807, 2.05) is 13.0 Å². The molecule has 1 rings (SSSR count). The number of carbonyl (C=O) groups is 1. The Morgan fingerprint density at radius 1 is 1.70 bits per heavy atom. The Morgan fingerprint density at radius 2 is 2.40 bits per heavy atom. The van der Waals surface area contributed by atoms with Crippen LogP contribution >= 0.6 is 0 Å². The number of hydrogen-bond donors (Lipinski definition) is 0. The second-order valence-corrected chi connectivity index (χ2v) is 2.65. The highest BCUT2D eigenvalue weighted by atomic mass is 16.5. The molecule has 0 spiro atoms. The molecular weight excluding hydrogens is 128 g/mol. The molecule has 56 valence electrons. The molecule has 0 radical (unpaired) electrons. The van der Waals surface area contributed by atoms with Crippen LogP contribution in [0.3, 0.4) is 0 Å². The summed E-state index contributed by atoms with van der Waals surface area (Å²) in [6, 6.07) is 0. The predicted molar refractivity (Wildman–Crippen MR) is 38.4 cm³/mol. The third-order valence-corrected chi connectivity index (χ3v) is 1.97. The van der Waals surface area contributed by atoms with Crippen molar-refractivity contribution in [2.45, 2.75) is 13.3 Å². The van der Waals surface area contributed by atoms with Gasteiger partial charge in [0.1, 0.15) is 0 Å². The first-order valence-corrected chi connectivity index (χ1v) is 3.50. The molecular formula is C8H12O2. The second kappa shape index (κ2) is 2.86. The van der Waals surface area contributed by atoms with Gasteiger partial charge in [-0.2, -0.15) is 0 Å².